The quantitative estimate of drug-likeness (QED) is 0.879. The van der Waals surface area contributed by atoms with Crippen molar-refractivity contribution in [2.45, 2.75) is 13.0 Å². The van der Waals surface area contributed by atoms with E-state index < -0.39 is 0 Å². The van der Waals surface area contributed by atoms with Gasteiger partial charge in [0.05, 0.1) is 0 Å². The van der Waals surface area contributed by atoms with Crippen LogP contribution in [0.2, 0.25) is 0 Å². The van der Waals surface area contributed by atoms with E-state index in [1.165, 1.54) is 16.1 Å². The number of nitrogens with two attached hydrogens (primary N) is 1. The molecule has 0 saturated carbocycles. The Kier molecular flexibility index (Phi) is 4.18. The van der Waals surface area contributed by atoms with Crippen molar-refractivity contribution in [3.05, 3.63) is 52.2 Å². The molecule has 0 saturated heterocycles. The largest absolute Gasteiger partial charge is 0.374 e. The van der Waals surface area contributed by atoms with Gasteiger partial charge >= 0.3 is 0 Å². The van der Waals surface area contributed by atoms with Crippen molar-refractivity contribution < 1.29 is 0 Å². The van der Waals surface area contributed by atoms with Crippen molar-refractivity contribution in [1.82, 2.24) is 0 Å². The van der Waals surface area contributed by atoms with Gasteiger partial charge in [0.15, 0.2) is 0 Å². The van der Waals surface area contributed by atoms with Gasteiger partial charge in [0, 0.05) is 30.7 Å². The second-order valence-corrected chi connectivity index (χ2v) is 5.16. The summed E-state index contributed by atoms with van der Waals surface area (Å²) in [5.74, 6) is 0. The van der Waals surface area contributed by atoms with Crippen LogP contribution in [0.3, 0.4) is 0 Å². The highest BCUT2D eigenvalue weighted by molar-refractivity contribution is 7.09. The van der Waals surface area contributed by atoms with Crippen molar-refractivity contribution in [2.24, 2.45) is 5.73 Å². The molecule has 1 aromatic heterocycles. The normalized spacial score (nSPS) is 10.5. The Labute approximate surface area is 107 Å². The Hall–Kier alpha value is -1.32. The smallest absolute Gasteiger partial charge is 0.0366 e. The minimum absolute atomic E-state index is 0.604. The fraction of sp³-hybridized carbons (Fsp3) is 0.286. The fourth-order valence-electron chi connectivity index (χ4n) is 1.78. The molecule has 90 valence electrons. The number of nitrogens with zero attached hydrogens (tertiary/aromatic N) is 1. The molecule has 0 aliphatic heterocycles. The van der Waals surface area contributed by atoms with Crippen LogP contribution in [0, 0.1) is 0 Å². The Balaban J connectivity index is 1.96. The lowest BCUT2D eigenvalue weighted by molar-refractivity contribution is 0.885. The molecule has 0 unspecified atom stereocenters. The number of benzene rings is 1. The van der Waals surface area contributed by atoms with Gasteiger partial charge in [-0.05, 0) is 35.6 Å². The van der Waals surface area contributed by atoms with E-state index in [1.807, 2.05) is 11.3 Å². The van der Waals surface area contributed by atoms with E-state index in [1.54, 1.807) is 0 Å². The van der Waals surface area contributed by atoms with Gasteiger partial charge in [-0.3, -0.25) is 0 Å². The monoisotopic (exact) mass is 246 g/mol. The maximum Gasteiger partial charge on any atom is 0.0366 e. The van der Waals surface area contributed by atoms with Crippen LogP contribution in [0.4, 0.5) is 5.69 Å². The van der Waals surface area contributed by atoms with Crippen molar-refractivity contribution in [2.75, 3.05) is 18.5 Å². The topological polar surface area (TPSA) is 29.3 Å². The van der Waals surface area contributed by atoms with Crippen molar-refractivity contribution in [3.63, 3.8) is 0 Å². The molecule has 2 aromatic rings. The van der Waals surface area contributed by atoms with Gasteiger partial charge in [-0.25, -0.2) is 0 Å². The van der Waals surface area contributed by atoms with Crippen LogP contribution < -0.4 is 10.6 Å². The minimum Gasteiger partial charge on any atom is -0.374 e. The maximum absolute atomic E-state index is 5.65. The van der Waals surface area contributed by atoms with Crippen molar-refractivity contribution in [1.29, 1.82) is 0 Å². The Morgan fingerprint density at radius 3 is 2.82 bits per heavy atom. The van der Waals surface area contributed by atoms with Crippen LogP contribution in [0.1, 0.15) is 10.4 Å². The zero-order chi connectivity index (χ0) is 12.1. The van der Waals surface area contributed by atoms with E-state index in [4.69, 9.17) is 5.73 Å². The lowest BCUT2D eigenvalue weighted by atomic mass is 10.2. The van der Waals surface area contributed by atoms with Crippen LogP contribution in [0.15, 0.2) is 41.8 Å². The molecule has 0 aliphatic rings. The van der Waals surface area contributed by atoms with Crippen LogP contribution >= 0.6 is 11.3 Å². The molecule has 1 aromatic carbocycles. The van der Waals surface area contributed by atoms with E-state index in [0.717, 1.165) is 13.0 Å². The van der Waals surface area contributed by atoms with Crippen molar-refractivity contribution >= 4 is 17.0 Å². The third kappa shape index (κ3) is 3.32. The number of anilines is 1. The average Bonchev–Trinajstić information content (AvgIpc) is 2.89. The molecule has 0 amide bonds. The molecule has 0 radical (unpaired) electrons. The first-order chi connectivity index (χ1) is 8.29. The van der Waals surface area contributed by atoms with E-state index in [-0.39, 0.29) is 0 Å². The molecule has 17 heavy (non-hydrogen) atoms. The summed E-state index contributed by atoms with van der Waals surface area (Å²) >= 11 is 1.82. The summed E-state index contributed by atoms with van der Waals surface area (Å²) in [5, 5.41) is 2.13. The molecule has 0 atom stereocenters. The van der Waals surface area contributed by atoms with Crippen LogP contribution in [-0.2, 0) is 13.0 Å². The molecule has 1 heterocycles. The van der Waals surface area contributed by atoms with E-state index in [0.29, 0.717) is 6.54 Å². The second-order valence-electron chi connectivity index (χ2n) is 4.12. The van der Waals surface area contributed by atoms with Gasteiger partial charge in [0.1, 0.15) is 0 Å². The zero-order valence-electron chi connectivity index (χ0n) is 10.1. The molecule has 0 aliphatic carbocycles. The third-order valence-corrected chi connectivity index (χ3v) is 3.80. The Bertz CT molecular complexity index is 451. The Morgan fingerprint density at radius 1 is 1.24 bits per heavy atom. The molecule has 2 nitrogen and oxygen atoms in total. The molecular formula is C14H18N2S. The van der Waals surface area contributed by atoms with E-state index in [2.05, 4.69) is 53.7 Å². The third-order valence-electron chi connectivity index (χ3n) is 2.86. The van der Waals surface area contributed by atoms with Gasteiger partial charge in [-0.1, -0.05) is 18.2 Å². The first-order valence-electron chi connectivity index (χ1n) is 5.82. The highest BCUT2D eigenvalue weighted by Gasteiger charge is 2.02. The lowest BCUT2D eigenvalue weighted by Crippen LogP contribution is -2.20. The summed E-state index contributed by atoms with van der Waals surface area (Å²) in [5.41, 5.74) is 8.08. The number of hydrogen-bond donors (Lipinski definition) is 1. The molecule has 0 spiro atoms. The fourth-order valence-corrected chi connectivity index (χ4v) is 2.48. The van der Waals surface area contributed by atoms with Gasteiger partial charge in [-0.15, -0.1) is 11.3 Å². The Morgan fingerprint density at radius 2 is 2.12 bits per heavy atom. The molecule has 0 fully saturated rings. The summed E-state index contributed by atoms with van der Waals surface area (Å²) in [6, 6.07) is 12.7. The first kappa shape index (κ1) is 12.1. The number of likely N-dealkylation sites (N-methyl/N-ethyl adjacent to an activating group) is 1. The summed E-state index contributed by atoms with van der Waals surface area (Å²) in [7, 11) is 2.13. The standard InChI is InChI=1S/C14H18N2S/c1-16(8-7-14-6-3-9-17-14)13-5-2-4-12(10-13)11-15/h2-6,9-10H,7-8,11,15H2,1H3. The summed E-state index contributed by atoms with van der Waals surface area (Å²) in [6.45, 7) is 1.64. The molecule has 0 bridgehead atoms. The highest BCUT2D eigenvalue weighted by Crippen LogP contribution is 2.16. The molecule has 2 rings (SSSR count). The summed E-state index contributed by atoms with van der Waals surface area (Å²) in [4.78, 5) is 3.71. The predicted octanol–water partition coefficient (Wildman–Crippen LogP) is 2.89. The SMILES string of the molecule is CN(CCc1cccs1)c1cccc(CN)c1. The minimum atomic E-state index is 0.604. The zero-order valence-corrected chi connectivity index (χ0v) is 10.9. The van der Waals surface area contributed by atoms with E-state index >= 15 is 0 Å². The summed E-state index contributed by atoms with van der Waals surface area (Å²) in [6.07, 6.45) is 1.10. The van der Waals surface area contributed by atoms with Gasteiger partial charge in [0.25, 0.3) is 0 Å². The van der Waals surface area contributed by atoms with Gasteiger partial charge < -0.3 is 10.6 Å². The van der Waals surface area contributed by atoms with Crippen molar-refractivity contribution in [3.8, 4) is 0 Å². The number of rotatable bonds is 5. The first-order valence-corrected chi connectivity index (χ1v) is 6.70. The van der Waals surface area contributed by atoms with Gasteiger partial charge in [0.2, 0.25) is 0 Å². The number of hydrogen-bond acceptors (Lipinski definition) is 3. The average molecular weight is 246 g/mol. The molecular weight excluding hydrogens is 228 g/mol. The van der Waals surface area contributed by atoms with Crippen LogP contribution in [0.25, 0.3) is 0 Å². The van der Waals surface area contributed by atoms with Crippen LogP contribution in [-0.4, -0.2) is 13.6 Å². The maximum atomic E-state index is 5.65. The number of thiophene rings is 1. The molecule has 3 heteroatoms. The predicted molar refractivity (Wildman–Crippen MR) is 75.6 cm³/mol. The molecule has 2 N–H and O–H groups in total. The van der Waals surface area contributed by atoms with Gasteiger partial charge in [-0.2, -0.15) is 0 Å². The van der Waals surface area contributed by atoms with Crippen LogP contribution in [0.5, 0.6) is 0 Å². The van der Waals surface area contributed by atoms with E-state index in [9.17, 15) is 0 Å². The summed E-state index contributed by atoms with van der Waals surface area (Å²) < 4.78 is 0. The second kappa shape index (κ2) is 5.84. The lowest BCUT2D eigenvalue weighted by Gasteiger charge is -2.19. The highest BCUT2D eigenvalue weighted by atomic mass is 32.1.